The molecule has 0 atom stereocenters. The van der Waals surface area contributed by atoms with E-state index in [4.69, 9.17) is 0 Å². The fourth-order valence-corrected chi connectivity index (χ4v) is 2.97. The Bertz CT molecular complexity index is 934. The van der Waals surface area contributed by atoms with Gasteiger partial charge in [-0.25, -0.2) is 0 Å². The maximum Gasteiger partial charge on any atom is 0.240 e. The number of nitrogens with one attached hydrogen (secondary N) is 1. The Kier molecular flexibility index (Phi) is 4.94. The van der Waals surface area contributed by atoms with Crippen molar-refractivity contribution in [3.8, 4) is 0 Å². The lowest BCUT2D eigenvalue weighted by atomic mass is 9.86. The molecule has 0 aliphatic carbocycles. The first-order chi connectivity index (χ1) is 12.4. The highest BCUT2D eigenvalue weighted by atomic mass is 16.2. The number of para-hydroxylation sites is 1. The SMILES string of the molecule is CC(C)(C)C(=O)c1cn(CC(=O)NCc2ccccc2)c2ccccc12. The molecular formula is C22H24N2O2. The number of fused-ring (bicyclic) bond motifs is 1. The van der Waals surface area contributed by atoms with Crippen LogP contribution in [-0.2, 0) is 17.9 Å². The van der Waals surface area contributed by atoms with Crippen molar-refractivity contribution >= 4 is 22.6 Å². The number of amides is 1. The minimum absolute atomic E-state index is 0.0793. The Hall–Kier alpha value is -2.88. The van der Waals surface area contributed by atoms with Gasteiger partial charge in [-0.3, -0.25) is 9.59 Å². The first-order valence-electron chi connectivity index (χ1n) is 8.79. The van der Waals surface area contributed by atoms with Crippen molar-refractivity contribution in [3.05, 3.63) is 71.9 Å². The van der Waals surface area contributed by atoms with E-state index >= 15 is 0 Å². The zero-order valence-corrected chi connectivity index (χ0v) is 15.5. The molecule has 134 valence electrons. The fourth-order valence-electron chi connectivity index (χ4n) is 2.97. The molecule has 0 saturated carbocycles. The predicted molar refractivity (Wildman–Crippen MR) is 104 cm³/mol. The van der Waals surface area contributed by atoms with Gasteiger partial charge < -0.3 is 9.88 Å². The van der Waals surface area contributed by atoms with Gasteiger partial charge in [0.15, 0.2) is 5.78 Å². The first-order valence-corrected chi connectivity index (χ1v) is 8.79. The standard InChI is InChI=1S/C22H24N2O2/c1-22(2,3)21(26)18-14-24(19-12-8-7-11-17(18)19)15-20(25)23-13-16-9-5-4-6-10-16/h4-12,14H,13,15H2,1-3H3,(H,23,25). The smallest absolute Gasteiger partial charge is 0.240 e. The molecule has 4 heteroatoms. The normalized spacial score (nSPS) is 11.5. The lowest BCUT2D eigenvalue weighted by molar-refractivity contribution is -0.121. The van der Waals surface area contributed by atoms with Gasteiger partial charge in [0.1, 0.15) is 6.54 Å². The van der Waals surface area contributed by atoms with Gasteiger partial charge in [-0.05, 0) is 11.6 Å². The molecule has 0 saturated heterocycles. The van der Waals surface area contributed by atoms with E-state index in [0.717, 1.165) is 16.5 Å². The summed E-state index contributed by atoms with van der Waals surface area (Å²) in [5.41, 5.74) is 2.16. The number of Topliss-reactive ketones (excluding diaryl/α,β-unsaturated/α-hetero) is 1. The number of carbonyl (C=O) groups is 2. The van der Waals surface area contributed by atoms with Gasteiger partial charge in [0, 0.05) is 34.6 Å². The van der Waals surface area contributed by atoms with Gasteiger partial charge in [0.2, 0.25) is 5.91 Å². The van der Waals surface area contributed by atoms with E-state index in [0.29, 0.717) is 12.1 Å². The molecule has 0 bridgehead atoms. The molecule has 0 aliphatic rings. The molecule has 2 aromatic carbocycles. The van der Waals surface area contributed by atoms with Gasteiger partial charge in [0.05, 0.1) is 0 Å². The summed E-state index contributed by atoms with van der Waals surface area (Å²) < 4.78 is 1.86. The van der Waals surface area contributed by atoms with E-state index in [1.807, 2.05) is 79.9 Å². The highest BCUT2D eigenvalue weighted by molar-refractivity contribution is 6.10. The Morgan fingerprint density at radius 1 is 0.962 bits per heavy atom. The van der Waals surface area contributed by atoms with Crippen LogP contribution in [0.3, 0.4) is 0 Å². The second-order valence-electron chi connectivity index (χ2n) is 7.53. The van der Waals surface area contributed by atoms with Crippen LogP contribution < -0.4 is 5.32 Å². The van der Waals surface area contributed by atoms with Gasteiger partial charge in [-0.2, -0.15) is 0 Å². The second-order valence-corrected chi connectivity index (χ2v) is 7.53. The van der Waals surface area contributed by atoms with Crippen molar-refractivity contribution in [2.75, 3.05) is 0 Å². The third kappa shape index (κ3) is 3.85. The summed E-state index contributed by atoms with van der Waals surface area (Å²) in [4.78, 5) is 25.2. The van der Waals surface area contributed by atoms with Crippen molar-refractivity contribution in [1.29, 1.82) is 0 Å². The minimum Gasteiger partial charge on any atom is -0.350 e. The first kappa shape index (κ1) is 17.9. The molecular weight excluding hydrogens is 324 g/mol. The fraction of sp³-hybridized carbons (Fsp3) is 0.273. The van der Waals surface area contributed by atoms with Crippen molar-refractivity contribution in [3.63, 3.8) is 0 Å². The van der Waals surface area contributed by atoms with Crippen LogP contribution in [0.4, 0.5) is 0 Å². The summed E-state index contributed by atoms with van der Waals surface area (Å²) in [5.74, 6) is 0.00140. The molecule has 0 unspecified atom stereocenters. The van der Waals surface area contributed by atoms with E-state index in [2.05, 4.69) is 5.32 Å². The Morgan fingerprint density at radius 2 is 1.62 bits per heavy atom. The van der Waals surface area contributed by atoms with Gasteiger partial charge in [0.25, 0.3) is 0 Å². The number of hydrogen-bond acceptors (Lipinski definition) is 2. The molecule has 0 radical (unpaired) electrons. The quantitative estimate of drug-likeness (QED) is 0.703. The third-order valence-corrected chi connectivity index (χ3v) is 4.36. The number of hydrogen-bond donors (Lipinski definition) is 1. The zero-order valence-electron chi connectivity index (χ0n) is 15.5. The summed E-state index contributed by atoms with van der Waals surface area (Å²) in [5, 5.41) is 3.83. The lowest BCUT2D eigenvalue weighted by Crippen LogP contribution is -2.26. The van der Waals surface area contributed by atoms with Crippen LogP contribution in [0.2, 0.25) is 0 Å². The van der Waals surface area contributed by atoms with Gasteiger partial charge in [-0.15, -0.1) is 0 Å². The maximum atomic E-state index is 12.8. The molecule has 0 aliphatic heterocycles. The number of carbonyl (C=O) groups excluding carboxylic acids is 2. The van der Waals surface area contributed by atoms with Crippen LogP contribution in [0.25, 0.3) is 10.9 Å². The highest BCUT2D eigenvalue weighted by Gasteiger charge is 2.26. The predicted octanol–water partition coefficient (Wildman–Crippen LogP) is 4.19. The zero-order chi connectivity index (χ0) is 18.7. The van der Waals surface area contributed by atoms with Crippen LogP contribution in [-0.4, -0.2) is 16.3 Å². The summed E-state index contributed by atoms with van der Waals surface area (Å²) in [6, 6.07) is 17.5. The number of rotatable bonds is 5. The third-order valence-electron chi connectivity index (χ3n) is 4.36. The van der Waals surface area contributed by atoms with E-state index < -0.39 is 5.41 Å². The van der Waals surface area contributed by atoms with Crippen molar-refractivity contribution in [2.24, 2.45) is 5.41 Å². The van der Waals surface area contributed by atoms with Gasteiger partial charge in [-0.1, -0.05) is 69.3 Å². The summed E-state index contributed by atoms with van der Waals surface area (Å²) in [6.07, 6.45) is 1.81. The van der Waals surface area contributed by atoms with E-state index in [-0.39, 0.29) is 18.2 Å². The Labute approximate surface area is 153 Å². The van der Waals surface area contributed by atoms with Gasteiger partial charge >= 0.3 is 0 Å². The average molecular weight is 348 g/mol. The molecule has 3 aromatic rings. The molecule has 4 nitrogen and oxygen atoms in total. The number of benzene rings is 2. The van der Waals surface area contributed by atoms with Crippen molar-refractivity contribution < 1.29 is 9.59 Å². The van der Waals surface area contributed by atoms with E-state index in [1.54, 1.807) is 6.20 Å². The number of nitrogens with zero attached hydrogens (tertiary/aromatic N) is 1. The maximum absolute atomic E-state index is 12.8. The molecule has 1 heterocycles. The largest absolute Gasteiger partial charge is 0.350 e. The number of ketones is 1. The van der Waals surface area contributed by atoms with Crippen LogP contribution in [0, 0.1) is 5.41 Å². The van der Waals surface area contributed by atoms with Crippen LogP contribution in [0.5, 0.6) is 0 Å². The summed E-state index contributed by atoms with van der Waals surface area (Å²) in [7, 11) is 0. The molecule has 0 spiro atoms. The Morgan fingerprint density at radius 3 is 2.31 bits per heavy atom. The van der Waals surface area contributed by atoms with Crippen molar-refractivity contribution in [2.45, 2.75) is 33.9 Å². The topological polar surface area (TPSA) is 51.1 Å². The van der Waals surface area contributed by atoms with Crippen LogP contribution in [0.1, 0.15) is 36.7 Å². The summed E-state index contributed by atoms with van der Waals surface area (Å²) in [6.45, 7) is 6.41. The van der Waals surface area contributed by atoms with E-state index in [9.17, 15) is 9.59 Å². The molecule has 1 N–H and O–H groups in total. The van der Waals surface area contributed by atoms with Crippen molar-refractivity contribution in [1.82, 2.24) is 9.88 Å². The number of aromatic nitrogens is 1. The molecule has 3 rings (SSSR count). The van der Waals surface area contributed by atoms with E-state index in [1.165, 1.54) is 0 Å². The monoisotopic (exact) mass is 348 g/mol. The molecule has 26 heavy (non-hydrogen) atoms. The Balaban J connectivity index is 1.82. The molecule has 0 fully saturated rings. The summed E-state index contributed by atoms with van der Waals surface area (Å²) >= 11 is 0. The second kappa shape index (κ2) is 7.16. The van der Waals surface area contributed by atoms with Crippen LogP contribution >= 0.6 is 0 Å². The molecule has 1 aromatic heterocycles. The average Bonchev–Trinajstić information content (AvgIpc) is 2.98. The lowest BCUT2D eigenvalue weighted by Gasteiger charge is -2.15. The van der Waals surface area contributed by atoms with Crippen LogP contribution in [0.15, 0.2) is 60.8 Å². The highest BCUT2D eigenvalue weighted by Crippen LogP contribution is 2.28. The minimum atomic E-state index is -0.468. The molecule has 1 amide bonds.